The molecular formula is C15H22OS. The van der Waals surface area contributed by atoms with Gasteiger partial charge < -0.3 is 5.11 Å². The van der Waals surface area contributed by atoms with Crippen molar-refractivity contribution >= 4 is 11.8 Å². The van der Waals surface area contributed by atoms with E-state index in [1.807, 2.05) is 11.8 Å². The van der Waals surface area contributed by atoms with E-state index in [0.29, 0.717) is 0 Å². The number of rotatable bonds is 4. The van der Waals surface area contributed by atoms with Gasteiger partial charge in [0.2, 0.25) is 0 Å². The zero-order valence-electron chi connectivity index (χ0n) is 10.8. The Kier molecular flexibility index (Phi) is 4.16. The molecule has 0 amide bonds. The molecule has 0 saturated carbocycles. The van der Waals surface area contributed by atoms with E-state index in [1.54, 1.807) is 0 Å². The predicted molar refractivity (Wildman–Crippen MR) is 75.6 cm³/mol. The van der Waals surface area contributed by atoms with Crippen molar-refractivity contribution in [3.8, 4) is 0 Å². The Morgan fingerprint density at radius 1 is 1.29 bits per heavy atom. The highest BCUT2D eigenvalue weighted by atomic mass is 32.2. The fourth-order valence-electron chi connectivity index (χ4n) is 2.41. The van der Waals surface area contributed by atoms with Gasteiger partial charge in [0.1, 0.15) is 0 Å². The van der Waals surface area contributed by atoms with E-state index in [-0.39, 0.29) is 10.9 Å². The minimum absolute atomic E-state index is 0.0728. The summed E-state index contributed by atoms with van der Waals surface area (Å²) in [5.74, 6) is 1.20. The van der Waals surface area contributed by atoms with Crippen molar-refractivity contribution in [1.29, 1.82) is 0 Å². The highest BCUT2D eigenvalue weighted by Gasteiger charge is 2.36. The van der Waals surface area contributed by atoms with Crippen LogP contribution in [0.5, 0.6) is 0 Å². The maximum absolute atomic E-state index is 10.4. The average molecular weight is 250 g/mol. The van der Waals surface area contributed by atoms with Gasteiger partial charge in [-0.2, -0.15) is 11.8 Å². The molecule has 0 radical (unpaired) electrons. The van der Waals surface area contributed by atoms with Gasteiger partial charge in [-0.05, 0) is 49.5 Å². The summed E-state index contributed by atoms with van der Waals surface area (Å²) >= 11 is 1.93. The molecule has 0 spiro atoms. The van der Waals surface area contributed by atoms with Gasteiger partial charge in [0.15, 0.2) is 0 Å². The van der Waals surface area contributed by atoms with Crippen molar-refractivity contribution < 1.29 is 5.11 Å². The second-order valence-corrected chi connectivity index (χ2v) is 6.78. The van der Waals surface area contributed by atoms with E-state index in [1.165, 1.54) is 23.3 Å². The first-order valence-corrected chi connectivity index (χ1v) is 7.52. The molecule has 1 nitrogen and oxygen atoms in total. The smallest absolute Gasteiger partial charge is 0.0724 e. The summed E-state index contributed by atoms with van der Waals surface area (Å²) in [6, 6.07) is 8.66. The van der Waals surface area contributed by atoms with Gasteiger partial charge in [-0.15, -0.1) is 0 Å². The Balaban J connectivity index is 1.99. The van der Waals surface area contributed by atoms with Crippen molar-refractivity contribution in [2.75, 3.05) is 5.75 Å². The third-order valence-electron chi connectivity index (χ3n) is 3.81. The summed E-state index contributed by atoms with van der Waals surface area (Å²) in [5, 5.41) is 10.4. The first-order valence-electron chi connectivity index (χ1n) is 6.54. The van der Waals surface area contributed by atoms with Crippen LogP contribution in [-0.2, 0) is 12.8 Å². The number of aliphatic hydroxyl groups excluding tert-OH is 1. The molecule has 0 bridgehead atoms. The number of aryl methyl sites for hydroxylation is 1. The Bertz CT molecular complexity index is 352. The zero-order chi connectivity index (χ0) is 12.3. The molecule has 2 unspecified atom stereocenters. The molecule has 94 valence electrons. The first kappa shape index (κ1) is 13.0. The number of hydrogen-bond acceptors (Lipinski definition) is 2. The van der Waals surface area contributed by atoms with E-state index in [2.05, 4.69) is 38.1 Å². The summed E-state index contributed by atoms with van der Waals surface area (Å²) in [7, 11) is 0. The van der Waals surface area contributed by atoms with Crippen molar-refractivity contribution in [3.05, 3.63) is 35.4 Å². The van der Waals surface area contributed by atoms with Crippen LogP contribution in [0.25, 0.3) is 0 Å². The molecule has 0 aromatic heterocycles. The molecule has 17 heavy (non-hydrogen) atoms. The highest BCUT2D eigenvalue weighted by Crippen LogP contribution is 2.41. The van der Waals surface area contributed by atoms with Gasteiger partial charge >= 0.3 is 0 Å². The second-order valence-electron chi connectivity index (χ2n) is 5.15. The van der Waals surface area contributed by atoms with Gasteiger partial charge in [-0.25, -0.2) is 0 Å². The minimum atomic E-state index is -0.220. The Morgan fingerprint density at radius 3 is 2.47 bits per heavy atom. The molecule has 1 fully saturated rings. The Hall–Kier alpha value is -0.470. The van der Waals surface area contributed by atoms with E-state index < -0.39 is 0 Å². The lowest BCUT2D eigenvalue weighted by atomic mass is 9.93. The summed E-state index contributed by atoms with van der Waals surface area (Å²) in [4.78, 5) is 0. The molecule has 2 rings (SSSR count). The molecule has 1 heterocycles. The third kappa shape index (κ3) is 3.05. The molecule has 0 aliphatic carbocycles. The van der Waals surface area contributed by atoms with Crippen LogP contribution < -0.4 is 0 Å². The second kappa shape index (κ2) is 5.45. The number of benzene rings is 1. The number of hydrogen-bond donors (Lipinski definition) is 1. The summed E-state index contributed by atoms with van der Waals surface area (Å²) < 4.78 is 0.0728. The Labute approximate surface area is 109 Å². The van der Waals surface area contributed by atoms with E-state index in [9.17, 15) is 5.11 Å². The number of aliphatic hydroxyl groups is 1. The Morgan fingerprint density at radius 2 is 1.94 bits per heavy atom. The molecule has 1 aromatic rings. The maximum atomic E-state index is 10.4. The summed E-state index contributed by atoms with van der Waals surface area (Å²) in [5.41, 5.74) is 2.62. The quantitative estimate of drug-likeness (QED) is 0.883. The molecular weight excluding hydrogens is 228 g/mol. The summed E-state index contributed by atoms with van der Waals surface area (Å²) in [6.07, 6.45) is 4.03. The molecule has 2 atom stereocenters. The fraction of sp³-hybridized carbons (Fsp3) is 0.600. The predicted octanol–water partition coefficient (Wildman–Crippen LogP) is 3.44. The van der Waals surface area contributed by atoms with Crippen LogP contribution in [0.3, 0.4) is 0 Å². The first-order chi connectivity index (χ1) is 8.14. The maximum Gasteiger partial charge on any atom is 0.0724 e. The van der Waals surface area contributed by atoms with Crippen LogP contribution in [0.15, 0.2) is 24.3 Å². The van der Waals surface area contributed by atoms with E-state index in [0.717, 1.165) is 19.3 Å². The lowest BCUT2D eigenvalue weighted by Crippen LogP contribution is -2.35. The monoisotopic (exact) mass is 250 g/mol. The molecule has 1 aliphatic rings. The minimum Gasteiger partial charge on any atom is -0.391 e. The lowest BCUT2D eigenvalue weighted by molar-refractivity contribution is 0.133. The lowest BCUT2D eigenvalue weighted by Gasteiger charge is -2.29. The van der Waals surface area contributed by atoms with Crippen LogP contribution in [-0.4, -0.2) is 21.7 Å². The fourth-order valence-corrected chi connectivity index (χ4v) is 3.73. The number of thioether (sulfide) groups is 1. The average Bonchev–Trinajstić information content (AvgIpc) is 2.78. The third-order valence-corrected chi connectivity index (χ3v) is 5.44. The standard InChI is InChI=1S/C15H22OS/c1-3-12-5-7-13(8-6-12)11-14(16)15(2)9-4-10-17-15/h5-8,14,16H,3-4,9-11H2,1-2H3. The van der Waals surface area contributed by atoms with E-state index in [4.69, 9.17) is 0 Å². The molecule has 1 aromatic carbocycles. The van der Waals surface area contributed by atoms with Crippen molar-refractivity contribution in [2.24, 2.45) is 0 Å². The highest BCUT2D eigenvalue weighted by molar-refractivity contribution is 8.00. The topological polar surface area (TPSA) is 20.2 Å². The van der Waals surface area contributed by atoms with Gasteiger partial charge in [0.25, 0.3) is 0 Å². The van der Waals surface area contributed by atoms with Gasteiger partial charge in [-0.1, -0.05) is 31.2 Å². The molecule has 1 aliphatic heterocycles. The van der Waals surface area contributed by atoms with Crippen LogP contribution in [0.2, 0.25) is 0 Å². The molecule has 1 saturated heterocycles. The SMILES string of the molecule is CCc1ccc(CC(O)C2(C)CCCS2)cc1. The van der Waals surface area contributed by atoms with Gasteiger partial charge in [0, 0.05) is 4.75 Å². The van der Waals surface area contributed by atoms with Crippen LogP contribution >= 0.6 is 11.8 Å². The summed E-state index contributed by atoms with van der Waals surface area (Å²) in [6.45, 7) is 4.37. The van der Waals surface area contributed by atoms with Crippen LogP contribution in [0.4, 0.5) is 0 Å². The molecule has 1 N–H and O–H groups in total. The zero-order valence-corrected chi connectivity index (χ0v) is 11.6. The van der Waals surface area contributed by atoms with Gasteiger partial charge in [-0.3, -0.25) is 0 Å². The van der Waals surface area contributed by atoms with Crippen LogP contribution in [0, 0.1) is 0 Å². The van der Waals surface area contributed by atoms with Crippen molar-refractivity contribution in [3.63, 3.8) is 0 Å². The molecule has 2 heteroatoms. The van der Waals surface area contributed by atoms with Crippen molar-refractivity contribution in [1.82, 2.24) is 0 Å². The largest absolute Gasteiger partial charge is 0.391 e. The van der Waals surface area contributed by atoms with Gasteiger partial charge in [0.05, 0.1) is 6.10 Å². The van der Waals surface area contributed by atoms with Crippen molar-refractivity contribution in [2.45, 2.75) is 50.4 Å². The van der Waals surface area contributed by atoms with Crippen LogP contribution in [0.1, 0.15) is 37.8 Å². The van der Waals surface area contributed by atoms with E-state index >= 15 is 0 Å². The normalized spacial score (nSPS) is 26.1.